The Kier molecular flexibility index (Phi) is 18.7. The number of aromatic nitrogens is 11. The largest absolute Gasteiger partial charge is 0.456 e. The van der Waals surface area contributed by atoms with Crippen molar-refractivity contribution in [3.05, 3.63) is 428 Å². The molecule has 142 heavy (non-hydrogen) atoms. The van der Waals surface area contributed by atoms with Gasteiger partial charge in [-0.25, -0.2) is 44.9 Å². The van der Waals surface area contributed by atoms with E-state index in [0.717, 1.165) is 150 Å². The first-order valence-electron chi connectivity index (χ1n) is 48.1. The van der Waals surface area contributed by atoms with Gasteiger partial charge in [0.05, 0.1) is 44.0 Å². The summed E-state index contributed by atoms with van der Waals surface area (Å²) in [6, 6.07) is 134. The molecule has 0 N–H and O–H groups in total. The summed E-state index contributed by atoms with van der Waals surface area (Å²) >= 11 is 5.55. The zero-order valence-electron chi connectivity index (χ0n) is 78.1. The van der Waals surface area contributed by atoms with Crippen molar-refractivity contribution in [2.45, 2.75) is 57.8 Å². The highest BCUT2D eigenvalue weighted by Crippen LogP contribution is 2.60. The van der Waals surface area contributed by atoms with Crippen LogP contribution in [0.1, 0.15) is 74.9 Å². The fourth-order valence-corrected chi connectivity index (χ4v) is 26.4. The summed E-state index contributed by atoms with van der Waals surface area (Å²) in [5.74, 6) is 4.84. The number of benzene rings is 17. The molecule has 670 valence electrons. The van der Waals surface area contributed by atoms with E-state index in [0.29, 0.717) is 29.1 Å². The van der Waals surface area contributed by atoms with Gasteiger partial charge in [0.1, 0.15) is 17.0 Å². The topological polar surface area (TPSA) is 147 Å². The molecule has 0 bridgehead atoms. The van der Waals surface area contributed by atoms with Gasteiger partial charge in [0.15, 0.2) is 34.9 Å². The summed E-state index contributed by atoms with van der Waals surface area (Å²) in [6.07, 6.45) is 3.83. The van der Waals surface area contributed by atoms with Crippen molar-refractivity contribution in [2.75, 3.05) is 0 Å². The summed E-state index contributed by atoms with van der Waals surface area (Å²) < 4.78 is 16.4. The minimum atomic E-state index is -0.394. The molecule has 0 atom stereocenters. The Morgan fingerprint density at radius 1 is 0.246 bits per heavy atom. The number of thiophene rings is 3. The molecule has 15 heteroatoms. The van der Waals surface area contributed by atoms with Crippen molar-refractivity contribution in [3.8, 4) is 130 Å². The molecule has 3 aliphatic rings. The Labute approximate surface area is 828 Å². The van der Waals surface area contributed by atoms with Crippen molar-refractivity contribution in [1.29, 1.82) is 0 Å². The van der Waals surface area contributed by atoms with E-state index < -0.39 is 5.41 Å². The Bertz CT molecular complexity index is 9890. The third-order valence-corrected chi connectivity index (χ3v) is 32.9. The molecular formula is C127H83N11OS3. The second-order valence-corrected chi connectivity index (χ2v) is 41.9. The van der Waals surface area contributed by atoms with E-state index >= 15 is 0 Å². The van der Waals surface area contributed by atoms with Gasteiger partial charge in [-0.3, -0.25) is 9.55 Å². The van der Waals surface area contributed by atoms with Crippen LogP contribution in [-0.4, -0.2) is 54.4 Å². The lowest BCUT2D eigenvalue weighted by atomic mass is 9.79. The van der Waals surface area contributed by atoms with Crippen LogP contribution < -0.4 is 0 Å². The van der Waals surface area contributed by atoms with Gasteiger partial charge in [-0.05, 0) is 117 Å². The predicted molar refractivity (Wildman–Crippen MR) is 589 cm³/mol. The SMILES string of the molecule is CC1(C)c2c(-c3ccccc3)nc(-c3cccc(-c4nc(-c5ccccc5)nc(-c5ccccc5)n4)c3)nc2-c2ccc3oc4ccccc4c3c21.CC1(C)c2c(nc(-c3cncc4ccccc34)nc2-n2c3ccccc3c3ccccc32)-c2ccc3sc4ccccc4c3c21.CC1(C)c2ccccc2-c2c1ccc1c2sc2c(-c3cccc4ccccc34)nc(-c3ccc4sc5ccccc5c4c3)nc21. The molecule has 0 spiro atoms. The van der Waals surface area contributed by atoms with Gasteiger partial charge < -0.3 is 4.42 Å². The maximum atomic E-state index is 6.35. The van der Waals surface area contributed by atoms with Gasteiger partial charge in [0, 0.05) is 178 Å². The molecule has 17 aromatic carbocycles. The number of hydrogen-bond donors (Lipinski definition) is 0. The van der Waals surface area contributed by atoms with Crippen molar-refractivity contribution in [3.63, 3.8) is 0 Å². The Balaban J connectivity index is 0.000000104. The van der Waals surface area contributed by atoms with Crippen LogP contribution >= 0.6 is 34.0 Å². The molecule has 0 amide bonds. The maximum absolute atomic E-state index is 6.35. The monoisotopic (exact) mass is 1870 g/mol. The summed E-state index contributed by atoms with van der Waals surface area (Å²) in [6.45, 7) is 14.0. The molecule has 10 heterocycles. The number of nitrogens with zero attached hydrogens (tertiary/aromatic N) is 11. The normalized spacial score (nSPS) is 13.5. The third-order valence-electron chi connectivity index (χ3n) is 29.4. The molecule has 27 aromatic rings. The van der Waals surface area contributed by atoms with E-state index in [2.05, 4.69) is 342 Å². The van der Waals surface area contributed by atoms with Crippen molar-refractivity contribution >= 4 is 160 Å². The number of furan rings is 1. The molecule has 10 aromatic heterocycles. The minimum absolute atomic E-state index is 0.0513. The van der Waals surface area contributed by atoms with Crippen LogP contribution in [0.15, 0.2) is 399 Å². The summed E-state index contributed by atoms with van der Waals surface area (Å²) in [5, 5.41) is 15.7. The minimum Gasteiger partial charge on any atom is -0.456 e. The van der Waals surface area contributed by atoms with Gasteiger partial charge in [-0.1, -0.05) is 351 Å². The van der Waals surface area contributed by atoms with E-state index in [1.54, 1.807) is 0 Å². The van der Waals surface area contributed by atoms with E-state index in [-0.39, 0.29) is 10.8 Å². The Hall–Kier alpha value is -17.1. The van der Waals surface area contributed by atoms with Crippen LogP contribution in [0.2, 0.25) is 0 Å². The summed E-state index contributed by atoms with van der Waals surface area (Å²) in [5.41, 5.74) is 28.5. The second kappa shape index (κ2) is 32.0. The average molecular weight is 1880 g/mol. The van der Waals surface area contributed by atoms with Gasteiger partial charge in [0.2, 0.25) is 0 Å². The summed E-state index contributed by atoms with van der Waals surface area (Å²) in [7, 11) is 0. The van der Waals surface area contributed by atoms with Gasteiger partial charge >= 0.3 is 0 Å². The number of rotatable bonds is 9. The molecule has 0 fully saturated rings. The lowest BCUT2D eigenvalue weighted by Gasteiger charge is -2.25. The lowest BCUT2D eigenvalue weighted by molar-refractivity contribution is 0.655. The van der Waals surface area contributed by atoms with Crippen LogP contribution in [0.5, 0.6) is 0 Å². The number of para-hydroxylation sites is 3. The molecule has 0 saturated heterocycles. The zero-order valence-corrected chi connectivity index (χ0v) is 80.5. The van der Waals surface area contributed by atoms with Gasteiger partial charge in [0.25, 0.3) is 0 Å². The predicted octanol–water partition coefficient (Wildman–Crippen LogP) is 33.7. The van der Waals surface area contributed by atoms with Crippen LogP contribution in [-0.2, 0) is 16.2 Å². The summed E-state index contributed by atoms with van der Waals surface area (Å²) in [4.78, 5) is 52.0. The van der Waals surface area contributed by atoms with Crippen molar-refractivity contribution in [1.82, 2.24) is 54.4 Å². The highest BCUT2D eigenvalue weighted by atomic mass is 32.1. The molecule has 0 radical (unpaired) electrons. The first-order valence-corrected chi connectivity index (χ1v) is 50.5. The number of hydrogen-bond acceptors (Lipinski definition) is 14. The molecule has 12 nitrogen and oxygen atoms in total. The first-order chi connectivity index (χ1) is 69.7. The number of fused-ring (bicyclic) bond motifs is 29. The van der Waals surface area contributed by atoms with Gasteiger partial charge in [-0.15, -0.1) is 34.0 Å². The smallest absolute Gasteiger partial charge is 0.164 e. The Morgan fingerprint density at radius 2 is 0.739 bits per heavy atom. The fourth-order valence-electron chi connectivity index (χ4n) is 22.9. The first kappa shape index (κ1) is 83.1. The third kappa shape index (κ3) is 12.9. The lowest BCUT2D eigenvalue weighted by Crippen LogP contribution is -2.20. The van der Waals surface area contributed by atoms with Crippen molar-refractivity contribution in [2.24, 2.45) is 0 Å². The second-order valence-electron chi connectivity index (χ2n) is 38.7. The maximum Gasteiger partial charge on any atom is 0.164 e. The van der Waals surface area contributed by atoms with Gasteiger partial charge in [-0.2, -0.15) is 0 Å². The molecule has 0 unspecified atom stereocenters. The standard InChI is InChI=1S/C46H31N5O.C41H26N2S2.C40H26N4S/c1-46(2)38-34(25-26-36-37(38)33-23-12-13-24-35(33)52-36)41-39(46)40(28-15-6-3-7-16-28)47-44(48-41)31-21-14-22-32(27-31)45-50-42(29-17-8-4-9-18-29)49-43(51-45)30-19-10-5-11-20-30;1-41(2)31-16-7-5-14-28(31)35-32(41)20-19-29-37-39(45-38(29)35)36(27-15-9-11-23-10-3-4-12-25(23)27)42-40(43-37)24-18-21-34-30(22-24)26-13-6-8-17-33(26)44-34;1-40(2)35-28(19-20-33-34(35)27-15-7-10-18-32(27)45-33)37-36(40)39(43-38(42-37)29-22-41-21-23-11-3-4-12-24(23)29)44-30-16-8-5-13-25(30)26-14-6-9-17-31(26)44/h3-27H,1-2H3;2*3-22H,1-2H3. The van der Waals surface area contributed by atoms with E-state index in [9.17, 15) is 0 Å². The van der Waals surface area contributed by atoms with E-state index in [4.69, 9.17) is 49.3 Å². The van der Waals surface area contributed by atoms with E-state index in [1.165, 1.54) is 111 Å². The molecule has 30 rings (SSSR count). The molecule has 3 aliphatic carbocycles. The van der Waals surface area contributed by atoms with Crippen LogP contribution in [0.4, 0.5) is 0 Å². The van der Waals surface area contributed by atoms with Crippen LogP contribution in [0.25, 0.3) is 256 Å². The quantitative estimate of drug-likeness (QED) is 0.136. The van der Waals surface area contributed by atoms with Crippen LogP contribution in [0.3, 0.4) is 0 Å². The fraction of sp³-hybridized carbons (Fsp3) is 0.0709. The Morgan fingerprint density at radius 3 is 1.46 bits per heavy atom. The molecule has 0 saturated carbocycles. The number of pyridine rings is 1. The molecular weight excluding hydrogens is 1790 g/mol. The highest BCUT2D eigenvalue weighted by Gasteiger charge is 2.46. The van der Waals surface area contributed by atoms with Crippen LogP contribution in [0, 0.1) is 0 Å². The zero-order chi connectivity index (χ0) is 94.5. The highest BCUT2D eigenvalue weighted by molar-refractivity contribution is 7.27. The average Bonchev–Trinajstić information content (AvgIpc) is 1.53. The molecule has 0 aliphatic heterocycles. The van der Waals surface area contributed by atoms with Crippen molar-refractivity contribution < 1.29 is 4.42 Å². The van der Waals surface area contributed by atoms with E-state index in [1.807, 2.05) is 137 Å².